The van der Waals surface area contributed by atoms with Crippen LogP contribution in [0.4, 0.5) is 5.69 Å². The third-order valence-corrected chi connectivity index (χ3v) is 2.25. The van der Waals surface area contributed by atoms with Crippen LogP contribution in [-0.4, -0.2) is 11.6 Å². The Balaban J connectivity index is 2.62. The van der Waals surface area contributed by atoms with Crippen molar-refractivity contribution in [2.75, 3.05) is 12.3 Å². The summed E-state index contributed by atoms with van der Waals surface area (Å²) < 4.78 is 5.42. The van der Waals surface area contributed by atoms with Gasteiger partial charge in [0.25, 0.3) is 0 Å². The second-order valence-electron chi connectivity index (χ2n) is 3.47. The molecular formula is C12H14N2O. The van der Waals surface area contributed by atoms with Crippen molar-refractivity contribution < 1.29 is 4.74 Å². The van der Waals surface area contributed by atoms with Crippen molar-refractivity contribution in [1.82, 2.24) is 4.98 Å². The number of aromatic nitrogens is 1. The first-order chi connectivity index (χ1) is 7.20. The zero-order chi connectivity index (χ0) is 10.8. The van der Waals surface area contributed by atoms with Gasteiger partial charge in [0.2, 0.25) is 0 Å². The molecule has 0 unspecified atom stereocenters. The molecule has 0 aliphatic heterocycles. The molecule has 78 valence electrons. The standard InChI is InChI=1S/C12H14N2O/c1-3-15-10-6-9-5-4-8(2)14-12(9)11(13)7-10/h4-7H,3,13H2,1-2H3. The average molecular weight is 202 g/mol. The molecule has 0 aliphatic rings. The first-order valence-electron chi connectivity index (χ1n) is 5.00. The van der Waals surface area contributed by atoms with Crippen LogP contribution in [0.5, 0.6) is 5.75 Å². The van der Waals surface area contributed by atoms with Crippen molar-refractivity contribution in [3.63, 3.8) is 0 Å². The third-order valence-electron chi connectivity index (χ3n) is 2.25. The molecule has 3 nitrogen and oxygen atoms in total. The lowest BCUT2D eigenvalue weighted by atomic mass is 10.1. The molecule has 0 saturated carbocycles. The summed E-state index contributed by atoms with van der Waals surface area (Å²) in [5.41, 5.74) is 8.40. The number of anilines is 1. The Morgan fingerprint density at radius 2 is 2.13 bits per heavy atom. The third kappa shape index (κ3) is 1.86. The highest BCUT2D eigenvalue weighted by Gasteiger charge is 2.03. The van der Waals surface area contributed by atoms with E-state index in [9.17, 15) is 0 Å². The van der Waals surface area contributed by atoms with E-state index in [0.29, 0.717) is 12.3 Å². The monoisotopic (exact) mass is 202 g/mol. The van der Waals surface area contributed by atoms with E-state index in [1.165, 1.54) is 0 Å². The fourth-order valence-corrected chi connectivity index (χ4v) is 1.58. The van der Waals surface area contributed by atoms with Crippen LogP contribution in [0.25, 0.3) is 10.9 Å². The number of fused-ring (bicyclic) bond motifs is 1. The Morgan fingerprint density at radius 3 is 2.87 bits per heavy atom. The van der Waals surface area contributed by atoms with Crippen LogP contribution < -0.4 is 10.5 Å². The molecule has 0 radical (unpaired) electrons. The van der Waals surface area contributed by atoms with Gasteiger partial charge in [-0.05, 0) is 26.0 Å². The second kappa shape index (κ2) is 3.77. The van der Waals surface area contributed by atoms with Crippen LogP contribution in [0.1, 0.15) is 12.6 Å². The van der Waals surface area contributed by atoms with Gasteiger partial charge in [-0.25, -0.2) is 0 Å². The van der Waals surface area contributed by atoms with E-state index >= 15 is 0 Å². The number of hydrogen-bond donors (Lipinski definition) is 1. The van der Waals surface area contributed by atoms with Crippen molar-refractivity contribution >= 4 is 16.6 Å². The van der Waals surface area contributed by atoms with Gasteiger partial charge in [-0.2, -0.15) is 0 Å². The molecular weight excluding hydrogens is 188 g/mol. The highest BCUT2D eigenvalue weighted by Crippen LogP contribution is 2.26. The zero-order valence-corrected chi connectivity index (χ0v) is 8.95. The van der Waals surface area contributed by atoms with Gasteiger partial charge in [0.1, 0.15) is 5.75 Å². The minimum absolute atomic E-state index is 0.643. The van der Waals surface area contributed by atoms with Crippen molar-refractivity contribution in [2.45, 2.75) is 13.8 Å². The topological polar surface area (TPSA) is 48.1 Å². The maximum absolute atomic E-state index is 5.91. The van der Waals surface area contributed by atoms with Gasteiger partial charge in [-0.1, -0.05) is 6.07 Å². The number of nitrogens with zero attached hydrogens (tertiary/aromatic N) is 1. The minimum Gasteiger partial charge on any atom is -0.494 e. The molecule has 3 heteroatoms. The molecule has 15 heavy (non-hydrogen) atoms. The molecule has 2 rings (SSSR count). The van der Waals surface area contributed by atoms with E-state index < -0.39 is 0 Å². The van der Waals surface area contributed by atoms with Gasteiger partial charge in [0.15, 0.2) is 0 Å². The molecule has 0 amide bonds. The summed E-state index contributed by atoms with van der Waals surface area (Å²) in [5.74, 6) is 0.799. The normalized spacial score (nSPS) is 10.5. The maximum Gasteiger partial charge on any atom is 0.122 e. The van der Waals surface area contributed by atoms with Gasteiger partial charge in [0.05, 0.1) is 17.8 Å². The highest BCUT2D eigenvalue weighted by atomic mass is 16.5. The van der Waals surface area contributed by atoms with Gasteiger partial charge in [-0.15, -0.1) is 0 Å². The van der Waals surface area contributed by atoms with E-state index in [1.807, 2.05) is 38.1 Å². The van der Waals surface area contributed by atoms with Gasteiger partial charge >= 0.3 is 0 Å². The summed E-state index contributed by atoms with van der Waals surface area (Å²) in [4.78, 5) is 4.40. The predicted octanol–water partition coefficient (Wildman–Crippen LogP) is 2.52. The number of rotatable bonds is 2. The summed E-state index contributed by atoms with van der Waals surface area (Å²) in [6.07, 6.45) is 0. The number of benzene rings is 1. The second-order valence-corrected chi connectivity index (χ2v) is 3.47. The number of aryl methyl sites for hydroxylation is 1. The molecule has 2 aromatic rings. The Morgan fingerprint density at radius 1 is 1.33 bits per heavy atom. The number of ether oxygens (including phenoxy) is 1. The SMILES string of the molecule is CCOc1cc(N)c2nc(C)ccc2c1. The lowest BCUT2D eigenvalue weighted by Crippen LogP contribution is -1.96. The molecule has 0 bridgehead atoms. The number of pyridine rings is 1. The molecule has 1 heterocycles. The zero-order valence-electron chi connectivity index (χ0n) is 8.95. The lowest BCUT2D eigenvalue weighted by Gasteiger charge is -2.07. The smallest absolute Gasteiger partial charge is 0.122 e. The van der Waals surface area contributed by atoms with Crippen molar-refractivity contribution in [3.8, 4) is 5.75 Å². The predicted molar refractivity (Wildman–Crippen MR) is 62.1 cm³/mol. The Hall–Kier alpha value is -1.77. The highest BCUT2D eigenvalue weighted by molar-refractivity contribution is 5.90. The first-order valence-corrected chi connectivity index (χ1v) is 5.00. The minimum atomic E-state index is 0.643. The Bertz CT molecular complexity index is 494. The average Bonchev–Trinajstić information content (AvgIpc) is 2.20. The van der Waals surface area contributed by atoms with E-state index in [4.69, 9.17) is 10.5 Å². The summed E-state index contributed by atoms with van der Waals surface area (Å²) >= 11 is 0. The lowest BCUT2D eigenvalue weighted by molar-refractivity contribution is 0.341. The van der Waals surface area contributed by atoms with E-state index in [-0.39, 0.29) is 0 Å². The molecule has 2 N–H and O–H groups in total. The molecule has 1 aromatic heterocycles. The number of hydrogen-bond acceptors (Lipinski definition) is 3. The number of nitrogen functional groups attached to an aromatic ring is 1. The fraction of sp³-hybridized carbons (Fsp3) is 0.250. The molecule has 0 atom stereocenters. The van der Waals surface area contributed by atoms with E-state index in [1.54, 1.807) is 0 Å². The van der Waals surface area contributed by atoms with Crippen LogP contribution in [-0.2, 0) is 0 Å². The van der Waals surface area contributed by atoms with Gasteiger partial charge < -0.3 is 10.5 Å². The first kappa shape index (κ1) is 9.77. The summed E-state index contributed by atoms with van der Waals surface area (Å²) in [6, 6.07) is 7.76. The summed E-state index contributed by atoms with van der Waals surface area (Å²) in [6.45, 7) is 4.55. The fourth-order valence-electron chi connectivity index (χ4n) is 1.58. The van der Waals surface area contributed by atoms with Crippen LogP contribution in [0.3, 0.4) is 0 Å². The Labute approximate surface area is 88.9 Å². The number of nitrogens with two attached hydrogens (primary N) is 1. The van der Waals surface area contributed by atoms with Gasteiger partial charge in [0, 0.05) is 17.1 Å². The molecule has 1 aromatic carbocycles. The van der Waals surface area contributed by atoms with Crippen LogP contribution in [0.15, 0.2) is 24.3 Å². The van der Waals surface area contributed by atoms with E-state index in [2.05, 4.69) is 4.98 Å². The van der Waals surface area contributed by atoms with Crippen molar-refractivity contribution in [1.29, 1.82) is 0 Å². The molecule has 0 spiro atoms. The molecule has 0 saturated heterocycles. The molecule has 0 fully saturated rings. The van der Waals surface area contributed by atoms with Gasteiger partial charge in [-0.3, -0.25) is 4.98 Å². The van der Waals surface area contributed by atoms with Crippen molar-refractivity contribution in [3.05, 3.63) is 30.0 Å². The quantitative estimate of drug-likeness (QED) is 0.761. The summed E-state index contributed by atoms with van der Waals surface area (Å²) in [5, 5.41) is 1.02. The summed E-state index contributed by atoms with van der Waals surface area (Å²) in [7, 11) is 0. The Kier molecular flexibility index (Phi) is 2.46. The maximum atomic E-state index is 5.91. The largest absolute Gasteiger partial charge is 0.494 e. The molecule has 0 aliphatic carbocycles. The van der Waals surface area contributed by atoms with E-state index in [0.717, 1.165) is 22.3 Å². The van der Waals surface area contributed by atoms with Crippen LogP contribution >= 0.6 is 0 Å². The van der Waals surface area contributed by atoms with Crippen LogP contribution in [0, 0.1) is 6.92 Å². The van der Waals surface area contributed by atoms with Crippen LogP contribution in [0.2, 0.25) is 0 Å². The van der Waals surface area contributed by atoms with Crippen molar-refractivity contribution in [2.24, 2.45) is 0 Å².